The molecule has 190 valence electrons. The van der Waals surface area contributed by atoms with Gasteiger partial charge in [0.05, 0.1) is 0 Å². The highest BCUT2D eigenvalue weighted by Gasteiger charge is 2.30. The van der Waals surface area contributed by atoms with Crippen molar-refractivity contribution in [1.82, 2.24) is 19.8 Å². The number of nitrogens with zero attached hydrogens (tertiary/aromatic N) is 4. The number of hydrogen-bond donors (Lipinski definition) is 1. The highest BCUT2D eigenvalue weighted by molar-refractivity contribution is 6.00. The van der Waals surface area contributed by atoms with E-state index in [2.05, 4.69) is 78.0 Å². The van der Waals surface area contributed by atoms with Gasteiger partial charge in [-0.1, -0.05) is 24.3 Å². The summed E-state index contributed by atoms with van der Waals surface area (Å²) in [6, 6.07) is 14.9. The second-order valence-corrected chi connectivity index (χ2v) is 10.9. The standard InChI is InChI=1S/C31H35N5O/c1-20-13-24(14-21(2)29(20)36-11-9-34(3)10-12-36)25-15-27-28(17-33-31(27)32-16-25)22-5-7-23(8-6-22)30(37)26-18-35(4)19-26/h5-8,13-17,26H,9-12,18-19H2,1-4H3,(H,32,33). The molecule has 0 saturated carbocycles. The second-order valence-electron chi connectivity index (χ2n) is 10.9. The first kappa shape index (κ1) is 23.9. The number of ketones is 1. The first-order valence-electron chi connectivity index (χ1n) is 13.2. The number of Topliss-reactive ketones (excluding diaryl/α,β-unsaturated/α-hetero) is 1. The molecule has 2 aromatic carbocycles. The average Bonchev–Trinajstić information content (AvgIpc) is 3.30. The number of aryl methyl sites for hydroxylation is 2. The predicted octanol–water partition coefficient (Wildman–Crippen LogP) is 5.01. The first-order chi connectivity index (χ1) is 17.9. The lowest BCUT2D eigenvalue weighted by molar-refractivity contribution is 0.0702. The number of H-pyrrole nitrogens is 1. The molecule has 6 heteroatoms. The Bertz CT molecular complexity index is 1430. The van der Waals surface area contributed by atoms with E-state index in [1.165, 1.54) is 22.4 Å². The number of hydrogen-bond acceptors (Lipinski definition) is 5. The predicted molar refractivity (Wildman–Crippen MR) is 151 cm³/mol. The van der Waals surface area contributed by atoms with Gasteiger partial charge in [0.2, 0.25) is 0 Å². The van der Waals surface area contributed by atoms with Gasteiger partial charge in [-0.15, -0.1) is 0 Å². The smallest absolute Gasteiger partial charge is 0.168 e. The molecule has 1 N–H and O–H groups in total. The molecule has 2 saturated heterocycles. The normalized spacial score (nSPS) is 17.4. The van der Waals surface area contributed by atoms with Crippen molar-refractivity contribution in [3.8, 4) is 22.3 Å². The number of benzene rings is 2. The van der Waals surface area contributed by atoms with Crippen molar-refractivity contribution < 1.29 is 4.79 Å². The van der Waals surface area contributed by atoms with Crippen LogP contribution in [-0.2, 0) is 0 Å². The highest BCUT2D eigenvalue weighted by Crippen LogP contribution is 2.35. The SMILES string of the molecule is Cc1cc(-c2cnc3[nH]cc(-c4ccc(C(=O)C5CN(C)C5)cc4)c3c2)cc(C)c1N1CCN(C)CC1. The number of nitrogens with one attached hydrogen (secondary N) is 1. The van der Waals surface area contributed by atoms with E-state index in [1.807, 2.05) is 24.5 Å². The summed E-state index contributed by atoms with van der Waals surface area (Å²) in [7, 11) is 4.25. The van der Waals surface area contributed by atoms with Crippen LogP contribution >= 0.6 is 0 Å². The number of pyridine rings is 1. The minimum absolute atomic E-state index is 0.130. The Labute approximate surface area is 218 Å². The van der Waals surface area contributed by atoms with Crippen LogP contribution in [0.4, 0.5) is 5.69 Å². The Morgan fingerprint density at radius 3 is 2.19 bits per heavy atom. The van der Waals surface area contributed by atoms with Crippen LogP contribution in [0.15, 0.2) is 54.9 Å². The molecule has 0 aliphatic carbocycles. The van der Waals surface area contributed by atoms with Gasteiger partial charge in [0, 0.05) is 85.3 Å². The topological polar surface area (TPSA) is 55.5 Å². The molecule has 0 radical (unpaired) electrons. The van der Waals surface area contributed by atoms with E-state index < -0.39 is 0 Å². The molecule has 37 heavy (non-hydrogen) atoms. The summed E-state index contributed by atoms with van der Waals surface area (Å²) < 4.78 is 0. The number of fused-ring (bicyclic) bond motifs is 1. The third kappa shape index (κ3) is 4.45. The number of carbonyl (C=O) groups excluding carboxylic acids is 1. The third-order valence-electron chi connectivity index (χ3n) is 8.09. The van der Waals surface area contributed by atoms with Gasteiger partial charge < -0.3 is 19.7 Å². The molecule has 2 aromatic heterocycles. The summed E-state index contributed by atoms with van der Waals surface area (Å²) in [6.07, 6.45) is 3.98. The molecule has 2 aliphatic rings. The number of rotatable bonds is 5. The number of anilines is 1. The van der Waals surface area contributed by atoms with Gasteiger partial charge in [-0.2, -0.15) is 0 Å². The number of likely N-dealkylation sites (N-methyl/N-ethyl adjacent to an activating group) is 1. The molecule has 0 spiro atoms. The number of likely N-dealkylation sites (tertiary alicyclic amines) is 1. The van der Waals surface area contributed by atoms with Crippen molar-refractivity contribution in [2.24, 2.45) is 5.92 Å². The molecule has 0 bridgehead atoms. The van der Waals surface area contributed by atoms with Crippen LogP contribution in [0.3, 0.4) is 0 Å². The van der Waals surface area contributed by atoms with Gasteiger partial charge >= 0.3 is 0 Å². The number of aromatic amines is 1. The Balaban J connectivity index is 1.29. The summed E-state index contributed by atoms with van der Waals surface area (Å²) in [5, 5.41) is 1.09. The van der Waals surface area contributed by atoms with Gasteiger partial charge in [0.15, 0.2) is 5.78 Å². The molecule has 6 nitrogen and oxygen atoms in total. The van der Waals surface area contributed by atoms with Gasteiger partial charge in [-0.3, -0.25) is 4.79 Å². The minimum Gasteiger partial charge on any atom is -0.369 e. The minimum atomic E-state index is 0.130. The van der Waals surface area contributed by atoms with Gasteiger partial charge in [-0.25, -0.2) is 4.98 Å². The fraction of sp³-hybridized carbons (Fsp3) is 0.355. The van der Waals surface area contributed by atoms with Gasteiger partial charge in [0.25, 0.3) is 0 Å². The average molecular weight is 494 g/mol. The summed E-state index contributed by atoms with van der Waals surface area (Å²) in [4.78, 5) is 27.9. The van der Waals surface area contributed by atoms with E-state index in [9.17, 15) is 4.79 Å². The number of aromatic nitrogens is 2. The largest absolute Gasteiger partial charge is 0.369 e. The van der Waals surface area contributed by atoms with E-state index in [0.29, 0.717) is 0 Å². The van der Waals surface area contributed by atoms with Crippen molar-refractivity contribution in [2.45, 2.75) is 13.8 Å². The lowest BCUT2D eigenvalue weighted by atomic mass is 9.90. The zero-order chi connectivity index (χ0) is 25.7. The maximum Gasteiger partial charge on any atom is 0.168 e. The van der Waals surface area contributed by atoms with E-state index in [4.69, 9.17) is 4.98 Å². The molecule has 2 fully saturated rings. The zero-order valence-corrected chi connectivity index (χ0v) is 22.2. The maximum absolute atomic E-state index is 12.7. The van der Waals surface area contributed by atoms with Crippen LogP contribution in [-0.4, -0.2) is 78.9 Å². The van der Waals surface area contributed by atoms with Crippen LogP contribution in [0, 0.1) is 19.8 Å². The molecule has 4 aromatic rings. The Morgan fingerprint density at radius 1 is 0.865 bits per heavy atom. The Morgan fingerprint density at radius 2 is 1.54 bits per heavy atom. The molecule has 0 atom stereocenters. The summed E-state index contributed by atoms with van der Waals surface area (Å²) in [5.41, 5.74) is 10.2. The molecule has 4 heterocycles. The van der Waals surface area contributed by atoms with Crippen molar-refractivity contribution in [1.29, 1.82) is 0 Å². The molecule has 6 rings (SSSR count). The number of carbonyl (C=O) groups is 1. The van der Waals surface area contributed by atoms with Crippen LogP contribution in [0.25, 0.3) is 33.3 Å². The maximum atomic E-state index is 12.7. The van der Waals surface area contributed by atoms with Crippen LogP contribution < -0.4 is 4.90 Å². The molecular weight excluding hydrogens is 458 g/mol. The Hall–Kier alpha value is -3.48. The second kappa shape index (κ2) is 9.43. The van der Waals surface area contributed by atoms with E-state index >= 15 is 0 Å². The zero-order valence-electron chi connectivity index (χ0n) is 22.2. The lowest BCUT2D eigenvalue weighted by Gasteiger charge is -2.36. The van der Waals surface area contributed by atoms with E-state index in [1.54, 1.807) is 0 Å². The quantitative estimate of drug-likeness (QED) is 0.396. The first-order valence-corrected chi connectivity index (χ1v) is 13.2. The van der Waals surface area contributed by atoms with Crippen molar-refractivity contribution in [2.75, 3.05) is 58.3 Å². The van der Waals surface area contributed by atoms with E-state index in [-0.39, 0.29) is 11.7 Å². The number of piperazine rings is 1. The van der Waals surface area contributed by atoms with Gasteiger partial charge in [-0.05, 0) is 68.4 Å². The molecule has 2 aliphatic heterocycles. The monoisotopic (exact) mass is 493 g/mol. The van der Waals surface area contributed by atoms with E-state index in [0.717, 1.165) is 72.6 Å². The Kier molecular flexibility index (Phi) is 6.09. The fourth-order valence-electron chi connectivity index (χ4n) is 5.97. The molecular formula is C31H35N5O. The summed E-state index contributed by atoms with van der Waals surface area (Å²) in [6.45, 7) is 10.5. The van der Waals surface area contributed by atoms with Crippen molar-refractivity contribution >= 4 is 22.5 Å². The van der Waals surface area contributed by atoms with Gasteiger partial charge in [0.1, 0.15) is 5.65 Å². The molecule has 0 amide bonds. The van der Waals surface area contributed by atoms with Crippen molar-refractivity contribution in [3.05, 3.63) is 71.5 Å². The van der Waals surface area contributed by atoms with Crippen molar-refractivity contribution in [3.63, 3.8) is 0 Å². The van der Waals surface area contributed by atoms with Crippen LogP contribution in [0.5, 0.6) is 0 Å². The van der Waals surface area contributed by atoms with Crippen LogP contribution in [0.1, 0.15) is 21.5 Å². The third-order valence-corrected chi connectivity index (χ3v) is 8.09. The highest BCUT2D eigenvalue weighted by atomic mass is 16.1. The summed E-state index contributed by atoms with van der Waals surface area (Å²) >= 11 is 0. The fourth-order valence-corrected chi connectivity index (χ4v) is 5.97. The van der Waals surface area contributed by atoms with Crippen LogP contribution in [0.2, 0.25) is 0 Å². The summed E-state index contributed by atoms with van der Waals surface area (Å²) in [5.74, 6) is 0.378. The molecule has 0 unspecified atom stereocenters. The lowest BCUT2D eigenvalue weighted by Crippen LogP contribution is -2.47.